The molecule has 2 rings (SSSR count). The van der Waals surface area contributed by atoms with Crippen LogP contribution in [0.2, 0.25) is 13.1 Å². The van der Waals surface area contributed by atoms with Gasteiger partial charge in [-0.2, -0.15) is 0 Å². The molecule has 0 saturated carbocycles. The summed E-state index contributed by atoms with van der Waals surface area (Å²) in [4.78, 5) is 26.3. The maximum absolute atomic E-state index is 12.4. The van der Waals surface area contributed by atoms with Crippen LogP contribution >= 0.6 is 22.6 Å². The Morgan fingerprint density at radius 3 is 2.52 bits per heavy atom. The summed E-state index contributed by atoms with van der Waals surface area (Å²) in [7, 11) is -1.49. The molecule has 4 atom stereocenters. The molecule has 0 unspecified atom stereocenters. The topological polar surface area (TPSA) is 114 Å². The van der Waals surface area contributed by atoms with Crippen molar-refractivity contribution < 1.29 is 19.7 Å². The number of hydrogen-bond donors (Lipinski definition) is 3. The highest BCUT2D eigenvalue weighted by atomic mass is 127. The zero-order valence-corrected chi connectivity index (χ0v) is 18.0. The number of rotatable bonds is 4. The Balaban J connectivity index is 2.49. The van der Waals surface area contributed by atoms with E-state index in [0.29, 0.717) is 3.57 Å². The largest absolute Gasteiger partial charge is 0.387 e. The van der Waals surface area contributed by atoms with E-state index in [4.69, 9.17) is 9.47 Å². The molecule has 8 nitrogen and oxygen atoms in total. The Labute approximate surface area is 160 Å². The molecule has 25 heavy (non-hydrogen) atoms. The summed E-state index contributed by atoms with van der Waals surface area (Å²) in [6.45, 7) is 9.45. The van der Waals surface area contributed by atoms with Gasteiger partial charge in [-0.15, -0.1) is 0 Å². The fourth-order valence-corrected chi connectivity index (χ4v) is 5.03. The van der Waals surface area contributed by atoms with Crippen molar-refractivity contribution in [2.45, 2.75) is 63.1 Å². The van der Waals surface area contributed by atoms with Gasteiger partial charge in [-0.3, -0.25) is 14.3 Å². The quantitative estimate of drug-likeness (QED) is 0.411. The molecule has 1 aromatic heterocycles. The number of aromatic amines is 1. The summed E-state index contributed by atoms with van der Waals surface area (Å²) in [6.07, 6.45) is -1.95. The maximum atomic E-state index is 12.4. The van der Waals surface area contributed by atoms with Gasteiger partial charge in [-0.1, -0.05) is 13.1 Å². The third-order valence-electron chi connectivity index (χ3n) is 4.09. The average molecular weight is 483 g/mol. The maximum Gasteiger partial charge on any atom is 0.330 e. The van der Waals surface area contributed by atoms with E-state index >= 15 is 0 Å². The first kappa shape index (κ1) is 20.8. The number of aliphatic hydroxyl groups excluding tert-OH is 2. The molecule has 10 heteroatoms. The lowest BCUT2D eigenvalue weighted by Crippen LogP contribution is -2.58. The summed E-state index contributed by atoms with van der Waals surface area (Å²) < 4.78 is 13.2. The number of halogens is 1. The lowest BCUT2D eigenvalue weighted by Gasteiger charge is -2.37. The van der Waals surface area contributed by atoms with Gasteiger partial charge >= 0.3 is 5.69 Å². The molecule has 1 saturated heterocycles. The Hall–Kier alpha value is -0.533. The van der Waals surface area contributed by atoms with Crippen LogP contribution in [-0.2, 0) is 14.8 Å². The first-order valence-corrected chi connectivity index (χ1v) is 11.5. The highest BCUT2D eigenvalue weighted by molar-refractivity contribution is 14.1. The molecule has 1 aliphatic rings. The number of aliphatic hydroxyl groups is 2. The fraction of sp³-hybridized carbons (Fsp3) is 0.733. The van der Waals surface area contributed by atoms with Crippen LogP contribution in [0.4, 0.5) is 0 Å². The number of ether oxygens (including phenoxy) is 2. The van der Waals surface area contributed by atoms with Gasteiger partial charge in [0.15, 0.2) is 5.35 Å². The molecule has 0 aliphatic carbocycles. The van der Waals surface area contributed by atoms with Crippen molar-refractivity contribution in [3.63, 3.8) is 0 Å². The SMILES string of the molecule is C[Si](C)[C@@]1(n2cc(I)c(=O)[nH]c2=O)O[C@H](COC(C)(C)C)[C@@H](O)[C@H]1O. The summed E-state index contributed by atoms with van der Waals surface area (Å²) in [5, 5.41) is 19.8. The average Bonchev–Trinajstić information content (AvgIpc) is 2.74. The minimum absolute atomic E-state index is 0.0772. The van der Waals surface area contributed by atoms with Crippen LogP contribution in [0.15, 0.2) is 15.8 Å². The predicted octanol–water partition coefficient (Wildman–Crippen LogP) is 0.0233. The van der Waals surface area contributed by atoms with E-state index in [0.717, 1.165) is 0 Å². The molecule has 0 aromatic carbocycles. The number of nitrogens with zero attached hydrogens (tertiary/aromatic N) is 1. The van der Waals surface area contributed by atoms with Crippen molar-refractivity contribution in [1.82, 2.24) is 9.55 Å². The van der Waals surface area contributed by atoms with Gasteiger partial charge in [0.1, 0.15) is 27.1 Å². The van der Waals surface area contributed by atoms with Crippen LogP contribution < -0.4 is 11.2 Å². The molecule has 3 N–H and O–H groups in total. The fourth-order valence-electron chi connectivity index (χ4n) is 2.82. The summed E-state index contributed by atoms with van der Waals surface area (Å²) in [6, 6.07) is 0. The van der Waals surface area contributed by atoms with E-state index in [9.17, 15) is 19.8 Å². The highest BCUT2D eigenvalue weighted by Gasteiger charge is 2.58. The molecule has 1 radical (unpaired) electrons. The van der Waals surface area contributed by atoms with Crippen molar-refractivity contribution in [3.8, 4) is 0 Å². The van der Waals surface area contributed by atoms with E-state index in [1.807, 2.05) is 56.5 Å². The first-order valence-electron chi connectivity index (χ1n) is 7.90. The third-order valence-corrected chi connectivity index (χ3v) is 6.95. The van der Waals surface area contributed by atoms with Gasteiger partial charge in [-0.25, -0.2) is 4.79 Å². The molecular weight excluding hydrogens is 459 g/mol. The highest BCUT2D eigenvalue weighted by Crippen LogP contribution is 2.37. The lowest BCUT2D eigenvalue weighted by atomic mass is 10.1. The summed E-state index contributed by atoms with van der Waals surface area (Å²) >= 11 is 1.81. The second kappa shape index (κ2) is 7.23. The van der Waals surface area contributed by atoms with Crippen molar-refractivity contribution >= 4 is 31.4 Å². The van der Waals surface area contributed by atoms with Crippen LogP contribution in [0.3, 0.4) is 0 Å². The molecule has 1 fully saturated rings. The number of H-pyrrole nitrogens is 1. The molecule has 2 heterocycles. The number of aromatic nitrogens is 2. The van der Waals surface area contributed by atoms with Gasteiger partial charge in [0.2, 0.25) is 0 Å². The predicted molar refractivity (Wildman–Crippen MR) is 102 cm³/mol. The van der Waals surface area contributed by atoms with E-state index < -0.39 is 49.3 Å². The summed E-state index contributed by atoms with van der Waals surface area (Å²) in [5.74, 6) is 0. The molecule has 0 amide bonds. The summed E-state index contributed by atoms with van der Waals surface area (Å²) in [5.41, 5.74) is -1.62. The van der Waals surface area contributed by atoms with Crippen LogP contribution in [0.25, 0.3) is 0 Å². The van der Waals surface area contributed by atoms with Crippen LogP contribution in [0.5, 0.6) is 0 Å². The zero-order chi connectivity index (χ0) is 19.2. The second-order valence-electron chi connectivity index (χ2n) is 7.32. The van der Waals surface area contributed by atoms with Crippen LogP contribution in [0.1, 0.15) is 20.8 Å². The molecular formula is C15H24IN2O6Si. The zero-order valence-electron chi connectivity index (χ0n) is 14.9. The first-order chi connectivity index (χ1) is 11.4. The normalized spacial score (nSPS) is 30.2. The van der Waals surface area contributed by atoms with E-state index in [1.54, 1.807) is 0 Å². The van der Waals surface area contributed by atoms with E-state index in [2.05, 4.69) is 4.98 Å². The molecule has 0 bridgehead atoms. The molecule has 1 aromatic rings. The lowest BCUT2D eigenvalue weighted by molar-refractivity contribution is -0.121. The Morgan fingerprint density at radius 2 is 2.00 bits per heavy atom. The standard InChI is InChI=1S/C15H24IN2O6Si/c1-14(2,3)23-7-9-10(19)11(20)15(24-9,25(4)5)18-6-8(16)12(21)17-13(18)22/h6,9-11,19-20H,7H2,1-5H3,(H,17,21,22)/t9-,10-,11-,15+/m1/s1. The van der Waals surface area contributed by atoms with Crippen molar-refractivity contribution in [2.24, 2.45) is 0 Å². The Morgan fingerprint density at radius 1 is 1.40 bits per heavy atom. The van der Waals surface area contributed by atoms with Crippen molar-refractivity contribution in [2.75, 3.05) is 6.61 Å². The second-order valence-corrected chi connectivity index (χ2v) is 11.2. The molecule has 0 spiro atoms. The minimum atomic E-state index is -1.49. The van der Waals surface area contributed by atoms with Gasteiger partial charge < -0.3 is 19.7 Å². The number of hydrogen-bond acceptors (Lipinski definition) is 6. The minimum Gasteiger partial charge on any atom is -0.387 e. The Bertz CT molecular complexity index is 743. The van der Waals surface area contributed by atoms with Crippen LogP contribution in [-0.4, -0.2) is 59.1 Å². The third kappa shape index (κ3) is 3.93. The van der Waals surface area contributed by atoms with Gasteiger partial charge in [-0.05, 0) is 43.4 Å². The van der Waals surface area contributed by atoms with Crippen molar-refractivity contribution in [3.05, 3.63) is 30.6 Å². The smallest absolute Gasteiger partial charge is 0.330 e. The molecule has 141 valence electrons. The van der Waals surface area contributed by atoms with Crippen LogP contribution in [0, 0.1) is 3.57 Å². The van der Waals surface area contributed by atoms with E-state index in [-0.39, 0.29) is 6.61 Å². The Kier molecular flexibility index (Phi) is 6.01. The van der Waals surface area contributed by atoms with Gasteiger partial charge in [0.25, 0.3) is 5.56 Å². The van der Waals surface area contributed by atoms with E-state index in [1.165, 1.54) is 10.8 Å². The number of nitrogens with one attached hydrogen (secondary N) is 1. The van der Waals surface area contributed by atoms with Gasteiger partial charge in [0, 0.05) is 6.20 Å². The van der Waals surface area contributed by atoms with Crippen molar-refractivity contribution in [1.29, 1.82) is 0 Å². The van der Waals surface area contributed by atoms with Gasteiger partial charge in [0.05, 0.1) is 15.8 Å². The molecule has 1 aliphatic heterocycles. The monoisotopic (exact) mass is 483 g/mol.